The molecule has 1 aromatic carbocycles. The van der Waals surface area contributed by atoms with Crippen molar-refractivity contribution in [1.82, 2.24) is 19.6 Å². The lowest BCUT2D eigenvalue weighted by molar-refractivity contribution is -0.274. The molecule has 138 valence electrons. The zero-order valence-corrected chi connectivity index (χ0v) is 13.8. The van der Waals surface area contributed by atoms with E-state index in [1.807, 2.05) is 0 Å². The number of halogens is 4. The zero-order chi connectivity index (χ0) is 18.9. The molecule has 0 saturated carbocycles. The molecule has 3 aromatic rings. The zero-order valence-electron chi connectivity index (χ0n) is 13.8. The van der Waals surface area contributed by atoms with Crippen molar-refractivity contribution in [3.8, 4) is 17.0 Å². The smallest absolute Gasteiger partial charge is 0.406 e. The lowest BCUT2D eigenvalue weighted by atomic mass is 10.0. The molecule has 0 aliphatic rings. The number of hydrogen-bond donors (Lipinski definition) is 0. The quantitative estimate of drug-likeness (QED) is 0.638. The van der Waals surface area contributed by atoms with Crippen molar-refractivity contribution in [1.29, 1.82) is 0 Å². The van der Waals surface area contributed by atoms with Crippen LogP contribution >= 0.6 is 0 Å². The van der Waals surface area contributed by atoms with Crippen LogP contribution in [0.5, 0.6) is 5.75 Å². The summed E-state index contributed by atoms with van der Waals surface area (Å²) in [6, 6.07) is 3.84. The summed E-state index contributed by atoms with van der Waals surface area (Å²) in [6.45, 7) is 1.37. The van der Waals surface area contributed by atoms with Gasteiger partial charge in [0.2, 0.25) is 0 Å². The van der Waals surface area contributed by atoms with E-state index in [1.54, 1.807) is 0 Å². The predicted molar refractivity (Wildman–Crippen MR) is 83.1 cm³/mol. The van der Waals surface area contributed by atoms with E-state index in [1.165, 1.54) is 49.0 Å². The van der Waals surface area contributed by atoms with Crippen LogP contribution in [0.25, 0.3) is 16.9 Å². The fraction of sp³-hybridized carbons (Fsp3) is 0.312. The third kappa shape index (κ3) is 3.74. The second-order valence-electron chi connectivity index (χ2n) is 5.47. The molecule has 0 N–H and O–H groups in total. The highest BCUT2D eigenvalue weighted by atomic mass is 19.4. The van der Waals surface area contributed by atoms with Crippen LogP contribution < -0.4 is 4.74 Å². The van der Waals surface area contributed by atoms with Crippen molar-refractivity contribution in [3.63, 3.8) is 0 Å². The maximum atomic E-state index is 13.7. The van der Waals surface area contributed by atoms with E-state index in [0.29, 0.717) is 22.5 Å². The molecule has 0 aliphatic heterocycles. The standard InChI is InChI=1S/C16H14F4N4O2/c1-9(17)15-23-22-14-6-21-13(7-24(14)15)12-4-3-11(26-16(18,19)20)5-10(12)8-25-2/h3-7,9H,8H2,1-2H3. The summed E-state index contributed by atoms with van der Waals surface area (Å²) >= 11 is 0. The highest BCUT2D eigenvalue weighted by Crippen LogP contribution is 2.30. The summed E-state index contributed by atoms with van der Waals surface area (Å²) < 4.78 is 61.4. The number of methoxy groups -OCH3 is 1. The highest BCUT2D eigenvalue weighted by Gasteiger charge is 2.31. The molecule has 0 fully saturated rings. The summed E-state index contributed by atoms with van der Waals surface area (Å²) in [7, 11) is 1.42. The molecule has 0 saturated heterocycles. The minimum absolute atomic E-state index is 0.0403. The van der Waals surface area contributed by atoms with Gasteiger partial charge in [0.25, 0.3) is 0 Å². The van der Waals surface area contributed by atoms with Gasteiger partial charge < -0.3 is 9.47 Å². The Labute approximate surface area is 145 Å². The Hall–Kier alpha value is -2.75. The summed E-state index contributed by atoms with van der Waals surface area (Å²) in [5.41, 5.74) is 1.72. The minimum Gasteiger partial charge on any atom is -0.406 e. The SMILES string of the molecule is COCc1cc(OC(F)(F)F)ccc1-c1cn2c(C(C)F)nnc2cn1. The Morgan fingerprint density at radius 3 is 2.65 bits per heavy atom. The molecule has 2 heterocycles. The molecule has 0 bridgehead atoms. The first-order chi connectivity index (χ1) is 12.3. The third-order valence-corrected chi connectivity index (χ3v) is 3.56. The van der Waals surface area contributed by atoms with E-state index in [0.717, 1.165) is 0 Å². The van der Waals surface area contributed by atoms with Crippen LogP contribution in [0.4, 0.5) is 17.6 Å². The van der Waals surface area contributed by atoms with Gasteiger partial charge in [0.1, 0.15) is 5.75 Å². The number of aromatic nitrogens is 4. The molecule has 6 nitrogen and oxygen atoms in total. The number of ether oxygens (including phenoxy) is 2. The van der Waals surface area contributed by atoms with Crippen molar-refractivity contribution in [3.05, 3.63) is 42.0 Å². The maximum Gasteiger partial charge on any atom is 0.573 e. The van der Waals surface area contributed by atoms with Crippen molar-refractivity contribution < 1.29 is 27.0 Å². The topological polar surface area (TPSA) is 61.5 Å². The first-order valence-corrected chi connectivity index (χ1v) is 7.51. The van der Waals surface area contributed by atoms with Gasteiger partial charge in [-0.1, -0.05) is 0 Å². The number of nitrogens with zero attached hydrogens (tertiary/aromatic N) is 4. The lowest BCUT2D eigenvalue weighted by Gasteiger charge is -2.13. The van der Waals surface area contributed by atoms with E-state index >= 15 is 0 Å². The largest absolute Gasteiger partial charge is 0.573 e. The van der Waals surface area contributed by atoms with E-state index in [4.69, 9.17) is 4.74 Å². The van der Waals surface area contributed by atoms with Crippen LogP contribution in [0, 0.1) is 0 Å². The first kappa shape index (κ1) is 18.1. The fourth-order valence-electron chi connectivity index (χ4n) is 2.52. The maximum absolute atomic E-state index is 13.7. The molecule has 1 atom stereocenters. The molecule has 2 aromatic heterocycles. The van der Waals surface area contributed by atoms with E-state index in [9.17, 15) is 17.6 Å². The lowest BCUT2D eigenvalue weighted by Crippen LogP contribution is -2.17. The Kier molecular flexibility index (Phi) is 4.77. The van der Waals surface area contributed by atoms with Crippen molar-refractivity contribution in [2.24, 2.45) is 0 Å². The molecule has 0 radical (unpaired) electrons. The molecule has 26 heavy (non-hydrogen) atoms. The van der Waals surface area contributed by atoms with Gasteiger partial charge in [0, 0.05) is 18.9 Å². The van der Waals surface area contributed by atoms with Crippen LogP contribution in [0.1, 0.15) is 24.5 Å². The Balaban J connectivity index is 2.07. The minimum atomic E-state index is -4.79. The number of rotatable bonds is 5. The summed E-state index contributed by atoms with van der Waals surface area (Å²) in [5, 5.41) is 7.60. The molecule has 3 rings (SSSR count). The van der Waals surface area contributed by atoms with Crippen molar-refractivity contribution in [2.45, 2.75) is 26.1 Å². The monoisotopic (exact) mass is 370 g/mol. The van der Waals surface area contributed by atoms with Gasteiger partial charge in [-0.2, -0.15) is 0 Å². The first-order valence-electron chi connectivity index (χ1n) is 7.51. The highest BCUT2D eigenvalue weighted by molar-refractivity contribution is 5.65. The second kappa shape index (κ2) is 6.87. The molecule has 0 spiro atoms. The normalized spacial score (nSPS) is 13.2. The number of alkyl halides is 4. The van der Waals surface area contributed by atoms with E-state index in [2.05, 4.69) is 19.9 Å². The van der Waals surface area contributed by atoms with Crippen LogP contribution in [0.2, 0.25) is 0 Å². The Morgan fingerprint density at radius 2 is 2.00 bits per heavy atom. The molecule has 10 heteroatoms. The van der Waals surface area contributed by atoms with Crippen LogP contribution in [-0.2, 0) is 11.3 Å². The van der Waals surface area contributed by atoms with Gasteiger partial charge in [-0.25, -0.2) is 4.39 Å². The molecular formula is C16H14F4N4O2. The number of fused-ring (bicyclic) bond motifs is 1. The number of hydrogen-bond acceptors (Lipinski definition) is 5. The molecule has 0 aliphatic carbocycles. The fourth-order valence-corrected chi connectivity index (χ4v) is 2.52. The van der Waals surface area contributed by atoms with Crippen molar-refractivity contribution in [2.75, 3.05) is 7.11 Å². The van der Waals surface area contributed by atoms with Crippen molar-refractivity contribution >= 4 is 5.65 Å². The van der Waals surface area contributed by atoms with Gasteiger partial charge in [-0.3, -0.25) is 9.38 Å². The molecule has 1 unspecified atom stereocenters. The summed E-state index contributed by atoms with van der Waals surface area (Å²) in [4.78, 5) is 4.23. The summed E-state index contributed by atoms with van der Waals surface area (Å²) in [6.07, 6.45) is -3.21. The van der Waals surface area contributed by atoms with Gasteiger partial charge in [0.05, 0.1) is 18.5 Å². The van der Waals surface area contributed by atoms with Gasteiger partial charge in [-0.05, 0) is 30.7 Å². The van der Waals surface area contributed by atoms with Gasteiger partial charge in [-0.15, -0.1) is 23.4 Å². The van der Waals surface area contributed by atoms with E-state index in [-0.39, 0.29) is 18.2 Å². The predicted octanol–water partition coefficient (Wildman–Crippen LogP) is 3.87. The molecular weight excluding hydrogens is 356 g/mol. The Morgan fingerprint density at radius 1 is 1.23 bits per heavy atom. The van der Waals surface area contributed by atoms with Crippen LogP contribution in [-0.4, -0.2) is 33.1 Å². The third-order valence-electron chi connectivity index (χ3n) is 3.56. The second-order valence-corrected chi connectivity index (χ2v) is 5.47. The van der Waals surface area contributed by atoms with Gasteiger partial charge >= 0.3 is 6.36 Å². The van der Waals surface area contributed by atoms with Gasteiger partial charge in [0.15, 0.2) is 17.6 Å². The molecule has 0 amide bonds. The number of benzene rings is 1. The Bertz CT molecular complexity index is 924. The summed E-state index contributed by atoms with van der Waals surface area (Å²) in [5.74, 6) is -0.259. The average Bonchev–Trinajstić information content (AvgIpc) is 2.97. The van der Waals surface area contributed by atoms with Crippen LogP contribution in [0.15, 0.2) is 30.6 Å². The van der Waals surface area contributed by atoms with E-state index < -0.39 is 12.5 Å². The average molecular weight is 370 g/mol. The van der Waals surface area contributed by atoms with Crippen LogP contribution in [0.3, 0.4) is 0 Å².